The number of carbonyl (C=O) groups excluding carboxylic acids is 1. The van der Waals surface area contributed by atoms with Crippen molar-refractivity contribution in [1.29, 1.82) is 0 Å². The zero-order valence-corrected chi connectivity index (χ0v) is 10.8. The summed E-state index contributed by atoms with van der Waals surface area (Å²) in [6.45, 7) is 3.00. The second-order valence-corrected chi connectivity index (χ2v) is 4.67. The molecule has 1 fully saturated rings. The van der Waals surface area contributed by atoms with E-state index >= 15 is 0 Å². The van der Waals surface area contributed by atoms with E-state index in [9.17, 15) is 9.90 Å². The number of anilines is 1. The second kappa shape index (κ2) is 5.35. The number of aliphatic hydroxyl groups excluding tert-OH is 1. The number of rotatable bonds is 2. The summed E-state index contributed by atoms with van der Waals surface area (Å²) in [7, 11) is 1.79. The fourth-order valence-electron chi connectivity index (χ4n) is 2.25. The largest absolute Gasteiger partial charge is 0.391 e. The molecule has 1 aromatic heterocycles. The highest BCUT2D eigenvalue weighted by molar-refractivity contribution is 5.99. The lowest BCUT2D eigenvalue weighted by molar-refractivity contribution is 0.0474. The third kappa shape index (κ3) is 2.61. The Morgan fingerprint density at radius 3 is 3.06 bits per heavy atom. The molecule has 1 atom stereocenters. The summed E-state index contributed by atoms with van der Waals surface area (Å²) < 4.78 is 0. The van der Waals surface area contributed by atoms with Crippen molar-refractivity contribution in [2.75, 3.05) is 25.5 Å². The van der Waals surface area contributed by atoms with Gasteiger partial charge in [-0.15, -0.1) is 0 Å². The average molecular weight is 249 g/mol. The molecule has 2 rings (SSSR count). The minimum Gasteiger partial charge on any atom is -0.391 e. The lowest BCUT2D eigenvalue weighted by Gasteiger charge is -2.30. The number of pyridine rings is 1. The first-order chi connectivity index (χ1) is 8.61. The first-order valence-corrected chi connectivity index (χ1v) is 6.23. The molecule has 0 saturated carbocycles. The van der Waals surface area contributed by atoms with Crippen LogP contribution in [0.5, 0.6) is 0 Å². The molecule has 1 amide bonds. The quantitative estimate of drug-likeness (QED) is 0.821. The fourth-order valence-corrected chi connectivity index (χ4v) is 2.25. The number of aromatic nitrogens is 1. The van der Waals surface area contributed by atoms with Crippen molar-refractivity contribution in [3.05, 3.63) is 23.5 Å². The third-order valence-electron chi connectivity index (χ3n) is 3.22. The van der Waals surface area contributed by atoms with Gasteiger partial charge in [0, 0.05) is 32.0 Å². The lowest BCUT2D eigenvalue weighted by Crippen LogP contribution is -2.42. The molecule has 1 aliphatic heterocycles. The number of nitrogens with zero attached hydrogens (tertiary/aromatic N) is 2. The van der Waals surface area contributed by atoms with Crippen LogP contribution in [0.3, 0.4) is 0 Å². The third-order valence-corrected chi connectivity index (χ3v) is 3.22. The van der Waals surface area contributed by atoms with Crippen LogP contribution in [-0.4, -0.2) is 47.1 Å². The maximum Gasteiger partial charge on any atom is 0.257 e. The fraction of sp³-hybridized carbons (Fsp3) is 0.538. The molecule has 0 bridgehead atoms. The Hall–Kier alpha value is -1.62. The molecule has 0 spiro atoms. The van der Waals surface area contributed by atoms with Gasteiger partial charge < -0.3 is 15.3 Å². The highest BCUT2D eigenvalue weighted by Crippen LogP contribution is 2.19. The summed E-state index contributed by atoms with van der Waals surface area (Å²) in [4.78, 5) is 18.2. The van der Waals surface area contributed by atoms with Crippen LogP contribution in [0, 0.1) is 6.92 Å². The summed E-state index contributed by atoms with van der Waals surface area (Å²) in [5.74, 6) is -0.0643. The van der Waals surface area contributed by atoms with E-state index in [1.54, 1.807) is 18.1 Å². The van der Waals surface area contributed by atoms with Crippen LogP contribution in [-0.2, 0) is 0 Å². The molecule has 0 radical (unpaired) electrons. The van der Waals surface area contributed by atoms with Gasteiger partial charge in [0.15, 0.2) is 0 Å². The lowest BCUT2D eigenvalue weighted by atomic mass is 10.1. The van der Waals surface area contributed by atoms with Crippen molar-refractivity contribution in [2.24, 2.45) is 0 Å². The van der Waals surface area contributed by atoms with Crippen molar-refractivity contribution in [3.63, 3.8) is 0 Å². The Morgan fingerprint density at radius 1 is 1.61 bits per heavy atom. The monoisotopic (exact) mass is 249 g/mol. The molecule has 1 aromatic rings. The van der Waals surface area contributed by atoms with Crippen LogP contribution >= 0.6 is 0 Å². The number of amides is 1. The normalized spacial score (nSPS) is 19.7. The molecular formula is C13H19N3O2. The van der Waals surface area contributed by atoms with Gasteiger partial charge >= 0.3 is 0 Å². The van der Waals surface area contributed by atoms with Crippen LogP contribution in [0.2, 0.25) is 0 Å². The van der Waals surface area contributed by atoms with E-state index in [-0.39, 0.29) is 5.91 Å². The number of hydrogen-bond acceptors (Lipinski definition) is 4. The number of aliphatic hydroxyl groups is 1. The van der Waals surface area contributed by atoms with E-state index in [0.717, 1.165) is 24.2 Å². The number of hydrogen-bond donors (Lipinski definition) is 2. The Kier molecular flexibility index (Phi) is 3.81. The van der Waals surface area contributed by atoms with E-state index < -0.39 is 6.10 Å². The van der Waals surface area contributed by atoms with Crippen LogP contribution in [0.1, 0.15) is 28.9 Å². The van der Waals surface area contributed by atoms with Crippen molar-refractivity contribution in [1.82, 2.24) is 9.88 Å². The summed E-state index contributed by atoms with van der Waals surface area (Å²) in [6.07, 6.45) is 2.82. The highest BCUT2D eigenvalue weighted by Gasteiger charge is 2.24. The maximum atomic E-state index is 12.4. The van der Waals surface area contributed by atoms with Gasteiger partial charge in [0.2, 0.25) is 0 Å². The predicted molar refractivity (Wildman–Crippen MR) is 69.7 cm³/mol. The van der Waals surface area contributed by atoms with E-state index in [1.165, 1.54) is 0 Å². The zero-order chi connectivity index (χ0) is 13.1. The van der Waals surface area contributed by atoms with E-state index in [4.69, 9.17) is 0 Å². The van der Waals surface area contributed by atoms with Gasteiger partial charge in [-0.3, -0.25) is 9.78 Å². The summed E-state index contributed by atoms with van der Waals surface area (Å²) in [5.41, 5.74) is 2.22. The molecule has 1 aliphatic rings. The van der Waals surface area contributed by atoms with Gasteiger partial charge in [-0.05, 0) is 25.8 Å². The van der Waals surface area contributed by atoms with Gasteiger partial charge in [-0.1, -0.05) is 0 Å². The number of aryl methyl sites for hydroxylation is 1. The molecule has 5 heteroatoms. The molecule has 18 heavy (non-hydrogen) atoms. The number of carbonyl (C=O) groups is 1. The minimum absolute atomic E-state index is 0.0643. The number of likely N-dealkylation sites (tertiary alicyclic amines) is 1. The number of piperidine rings is 1. The van der Waals surface area contributed by atoms with Gasteiger partial charge in [0.1, 0.15) is 0 Å². The molecule has 98 valence electrons. The molecule has 1 saturated heterocycles. The highest BCUT2D eigenvalue weighted by atomic mass is 16.3. The smallest absolute Gasteiger partial charge is 0.257 e. The SMILES string of the molecule is CNc1cc(C)ncc1C(=O)N1CCCC(O)C1. The predicted octanol–water partition coefficient (Wildman–Crippen LogP) is 1.03. The Labute approximate surface area is 107 Å². The number of β-amino-alcohol motifs (C(OH)–C–C–N with tert-alkyl or cyclic N) is 1. The summed E-state index contributed by atoms with van der Waals surface area (Å²) in [5, 5.41) is 12.6. The van der Waals surface area contributed by atoms with Gasteiger partial charge in [0.05, 0.1) is 17.4 Å². The van der Waals surface area contributed by atoms with Crippen molar-refractivity contribution >= 4 is 11.6 Å². The molecule has 2 heterocycles. The van der Waals surface area contributed by atoms with Crippen LogP contribution in [0.4, 0.5) is 5.69 Å². The minimum atomic E-state index is -0.404. The zero-order valence-electron chi connectivity index (χ0n) is 10.8. The standard InChI is InChI=1S/C13H19N3O2/c1-9-6-12(14-2)11(7-15-9)13(18)16-5-3-4-10(17)8-16/h6-7,10,17H,3-5,8H2,1-2H3,(H,14,15). The van der Waals surface area contributed by atoms with Crippen LogP contribution in [0.25, 0.3) is 0 Å². The molecule has 0 aromatic carbocycles. The second-order valence-electron chi connectivity index (χ2n) is 4.67. The first kappa shape index (κ1) is 12.8. The molecule has 2 N–H and O–H groups in total. The van der Waals surface area contributed by atoms with E-state index in [0.29, 0.717) is 18.7 Å². The van der Waals surface area contributed by atoms with Gasteiger partial charge in [0.25, 0.3) is 5.91 Å². The van der Waals surface area contributed by atoms with E-state index in [1.807, 2.05) is 13.0 Å². The molecule has 1 unspecified atom stereocenters. The van der Waals surface area contributed by atoms with Gasteiger partial charge in [-0.2, -0.15) is 0 Å². The number of nitrogens with one attached hydrogen (secondary N) is 1. The van der Waals surface area contributed by atoms with Crippen molar-refractivity contribution < 1.29 is 9.90 Å². The Bertz CT molecular complexity index is 448. The Morgan fingerprint density at radius 2 is 2.39 bits per heavy atom. The molecular weight excluding hydrogens is 230 g/mol. The van der Waals surface area contributed by atoms with E-state index in [2.05, 4.69) is 10.3 Å². The van der Waals surface area contributed by atoms with Crippen LogP contribution in [0.15, 0.2) is 12.3 Å². The maximum absolute atomic E-state index is 12.4. The average Bonchev–Trinajstić information content (AvgIpc) is 2.37. The van der Waals surface area contributed by atoms with Crippen LogP contribution < -0.4 is 5.32 Å². The molecule has 0 aliphatic carbocycles. The topological polar surface area (TPSA) is 65.5 Å². The van der Waals surface area contributed by atoms with Crippen molar-refractivity contribution in [3.8, 4) is 0 Å². The van der Waals surface area contributed by atoms with Crippen molar-refractivity contribution in [2.45, 2.75) is 25.9 Å². The summed E-state index contributed by atoms with van der Waals surface area (Å²) in [6, 6.07) is 1.85. The summed E-state index contributed by atoms with van der Waals surface area (Å²) >= 11 is 0. The Balaban J connectivity index is 2.22. The molecule has 5 nitrogen and oxygen atoms in total. The van der Waals surface area contributed by atoms with Gasteiger partial charge in [-0.25, -0.2) is 0 Å². The first-order valence-electron chi connectivity index (χ1n) is 6.23.